The van der Waals surface area contributed by atoms with Crippen LogP contribution in [0, 0.1) is 0 Å². The van der Waals surface area contributed by atoms with Crippen LogP contribution in [0.4, 0.5) is 0 Å². The Morgan fingerprint density at radius 1 is 1.17 bits per heavy atom. The second kappa shape index (κ2) is 18.3. The Morgan fingerprint density at radius 2 is 1.67 bits per heavy atom. The highest BCUT2D eigenvalue weighted by Gasteiger charge is 2.03. The van der Waals surface area contributed by atoms with Crippen molar-refractivity contribution in [2.45, 2.75) is 67.7 Å². The van der Waals surface area contributed by atoms with Crippen LogP contribution in [0.2, 0.25) is 0 Å². The van der Waals surface area contributed by atoms with Gasteiger partial charge >= 0.3 is 0 Å². The summed E-state index contributed by atoms with van der Waals surface area (Å²) in [7, 11) is 0. The second-order valence-corrected chi connectivity index (χ2v) is 3.17. The largest absolute Gasteiger partial charge is 0.262 e. The fourth-order valence-electron chi connectivity index (χ4n) is 1.24. The first-order valence-corrected chi connectivity index (χ1v) is 7.28. The zero-order valence-electron chi connectivity index (χ0n) is 13.6. The van der Waals surface area contributed by atoms with Crippen LogP contribution in [0.1, 0.15) is 67.7 Å². The Bertz CT molecular complexity index is 257. The Morgan fingerprint density at radius 3 is 2.11 bits per heavy atom. The molecule has 0 aliphatic carbocycles. The normalized spacial score (nSPS) is 15.1. The molecule has 0 unspecified atom stereocenters. The highest BCUT2D eigenvalue weighted by molar-refractivity contribution is 5.61. The average Bonchev–Trinajstić information content (AvgIpc) is 2.62. The summed E-state index contributed by atoms with van der Waals surface area (Å²) in [4.78, 5) is 4.23. The highest BCUT2D eigenvalue weighted by atomic mass is 14.7. The van der Waals surface area contributed by atoms with Gasteiger partial charge in [-0.1, -0.05) is 66.3 Å². The molecule has 0 saturated carbocycles. The van der Waals surface area contributed by atoms with E-state index in [1.165, 1.54) is 12.0 Å². The topological polar surface area (TPSA) is 12.4 Å². The molecule has 106 valence electrons. The van der Waals surface area contributed by atoms with E-state index in [1.54, 1.807) is 0 Å². The van der Waals surface area contributed by atoms with Crippen molar-refractivity contribution in [3.05, 3.63) is 36.1 Å². The summed E-state index contributed by atoms with van der Waals surface area (Å²) in [6.45, 7) is 21.7. The van der Waals surface area contributed by atoms with Gasteiger partial charge in [0.25, 0.3) is 0 Å². The molecule has 1 aliphatic rings. The zero-order chi connectivity index (χ0) is 15.0. The minimum Gasteiger partial charge on any atom is -0.262 e. The van der Waals surface area contributed by atoms with E-state index >= 15 is 0 Å². The zero-order valence-corrected chi connectivity index (χ0v) is 13.6. The molecule has 0 amide bonds. The van der Waals surface area contributed by atoms with Gasteiger partial charge in [-0.2, -0.15) is 0 Å². The molecule has 0 radical (unpaired) electrons. The van der Waals surface area contributed by atoms with E-state index in [9.17, 15) is 0 Å². The molecule has 0 aromatic heterocycles. The van der Waals surface area contributed by atoms with E-state index in [-0.39, 0.29) is 0 Å². The lowest BCUT2D eigenvalue weighted by Gasteiger charge is -2.02. The molecule has 0 aromatic carbocycles. The van der Waals surface area contributed by atoms with Crippen LogP contribution >= 0.6 is 0 Å². The lowest BCUT2D eigenvalue weighted by Crippen LogP contribution is -1.84. The fraction of sp³-hybridized carbons (Fsp3) is 0.588. The molecule has 0 spiro atoms. The van der Waals surface area contributed by atoms with Gasteiger partial charge in [0.05, 0.1) is 5.70 Å². The lowest BCUT2D eigenvalue weighted by molar-refractivity contribution is 0.881. The molecular weight excluding hydrogens is 218 g/mol. The number of allylic oxidation sites excluding steroid dienone is 3. The molecule has 1 heterocycles. The van der Waals surface area contributed by atoms with E-state index in [0.29, 0.717) is 0 Å². The van der Waals surface area contributed by atoms with Gasteiger partial charge in [-0.05, 0) is 31.8 Å². The van der Waals surface area contributed by atoms with Gasteiger partial charge < -0.3 is 0 Å². The number of aliphatic imine (C=N–C) groups is 1. The number of hydrogen-bond donors (Lipinski definition) is 0. The summed E-state index contributed by atoms with van der Waals surface area (Å²) < 4.78 is 0. The average molecular weight is 251 g/mol. The third kappa shape index (κ3) is 13.0. The molecule has 0 saturated heterocycles. The summed E-state index contributed by atoms with van der Waals surface area (Å²) in [5.74, 6) is 0. The van der Waals surface area contributed by atoms with E-state index in [2.05, 4.69) is 24.2 Å². The van der Waals surface area contributed by atoms with Crippen molar-refractivity contribution in [3.63, 3.8) is 0 Å². The fourth-order valence-corrected chi connectivity index (χ4v) is 1.24. The first-order chi connectivity index (χ1) is 8.70. The maximum atomic E-state index is 4.23. The maximum Gasteiger partial charge on any atom is 0.0586 e. The molecule has 1 aliphatic heterocycles. The third-order valence-electron chi connectivity index (χ3n) is 1.82. The Kier molecular flexibility index (Phi) is 22.4. The third-order valence-corrected chi connectivity index (χ3v) is 1.82. The first-order valence-electron chi connectivity index (χ1n) is 7.28. The van der Waals surface area contributed by atoms with Crippen molar-refractivity contribution in [1.82, 2.24) is 0 Å². The summed E-state index contributed by atoms with van der Waals surface area (Å²) >= 11 is 0. The van der Waals surface area contributed by atoms with Crippen molar-refractivity contribution in [3.8, 4) is 0 Å². The van der Waals surface area contributed by atoms with Crippen molar-refractivity contribution in [1.29, 1.82) is 0 Å². The smallest absolute Gasteiger partial charge is 0.0586 e. The van der Waals surface area contributed by atoms with E-state index < -0.39 is 0 Å². The quantitative estimate of drug-likeness (QED) is 0.516. The van der Waals surface area contributed by atoms with E-state index in [0.717, 1.165) is 24.1 Å². The number of hydrogen-bond acceptors (Lipinski definition) is 1. The van der Waals surface area contributed by atoms with Gasteiger partial charge in [0.2, 0.25) is 0 Å². The summed E-state index contributed by atoms with van der Waals surface area (Å²) in [6.07, 6.45) is 7.33. The molecule has 1 heteroatoms. The molecular formula is C17H33N. The molecule has 0 aromatic rings. The first kappa shape index (κ1) is 22.1. The predicted molar refractivity (Wildman–Crippen MR) is 88.4 cm³/mol. The van der Waals surface area contributed by atoms with Crippen molar-refractivity contribution >= 4 is 6.21 Å². The van der Waals surface area contributed by atoms with Crippen LogP contribution in [0.5, 0.6) is 0 Å². The highest BCUT2D eigenvalue weighted by Crippen LogP contribution is 2.20. The van der Waals surface area contributed by atoms with Crippen molar-refractivity contribution < 1.29 is 0 Å². The minimum absolute atomic E-state index is 0.899. The van der Waals surface area contributed by atoms with E-state index in [1.807, 2.05) is 54.7 Å². The van der Waals surface area contributed by atoms with Crippen LogP contribution in [0.15, 0.2) is 41.1 Å². The SMILES string of the molecule is C=C(C)/C=C1/CCCC=NC1=C.CC.CC.CC. The lowest BCUT2D eigenvalue weighted by atomic mass is 10.1. The van der Waals surface area contributed by atoms with Gasteiger partial charge in [0.1, 0.15) is 0 Å². The van der Waals surface area contributed by atoms with Gasteiger partial charge in [-0.3, -0.25) is 4.99 Å². The van der Waals surface area contributed by atoms with Crippen LogP contribution in [-0.2, 0) is 0 Å². The van der Waals surface area contributed by atoms with Crippen LogP contribution < -0.4 is 0 Å². The minimum atomic E-state index is 0.899. The standard InChI is InChI=1S/C11H15N.3C2H6/c1-9(2)8-11-6-4-5-7-12-10(11)3;3*1-2/h7-8H,1,3-6H2,2H3;3*1-2H3/b11-8-;;;. The molecule has 18 heavy (non-hydrogen) atoms. The van der Waals surface area contributed by atoms with Crippen molar-refractivity contribution in [2.24, 2.45) is 4.99 Å². The van der Waals surface area contributed by atoms with Gasteiger partial charge in [0, 0.05) is 6.21 Å². The van der Waals surface area contributed by atoms with Crippen molar-refractivity contribution in [2.75, 3.05) is 0 Å². The summed E-state index contributed by atoms with van der Waals surface area (Å²) in [6, 6.07) is 0. The summed E-state index contributed by atoms with van der Waals surface area (Å²) in [5, 5.41) is 0. The predicted octanol–water partition coefficient (Wildman–Crippen LogP) is 6.34. The molecule has 0 atom stereocenters. The maximum absolute atomic E-state index is 4.23. The molecule has 0 N–H and O–H groups in total. The van der Waals surface area contributed by atoms with Gasteiger partial charge in [-0.15, -0.1) is 0 Å². The second-order valence-electron chi connectivity index (χ2n) is 3.17. The van der Waals surface area contributed by atoms with Crippen LogP contribution in [-0.4, -0.2) is 6.21 Å². The number of rotatable bonds is 1. The Balaban J connectivity index is -0.000000328. The van der Waals surface area contributed by atoms with Crippen LogP contribution in [0.3, 0.4) is 0 Å². The number of nitrogens with zero attached hydrogens (tertiary/aromatic N) is 1. The molecule has 0 fully saturated rings. The monoisotopic (exact) mass is 251 g/mol. The molecule has 0 bridgehead atoms. The summed E-state index contributed by atoms with van der Waals surface area (Å²) in [5.41, 5.74) is 3.20. The molecule has 1 nitrogen and oxygen atoms in total. The molecule has 1 rings (SSSR count). The Hall–Kier alpha value is -1.11. The van der Waals surface area contributed by atoms with Crippen LogP contribution in [0.25, 0.3) is 0 Å². The van der Waals surface area contributed by atoms with Gasteiger partial charge in [-0.25, -0.2) is 0 Å². The van der Waals surface area contributed by atoms with Gasteiger partial charge in [0.15, 0.2) is 0 Å². The Labute approximate surface area is 115 Å². The van der Waals surface area contributed by atoms with E-state index in [4.69, 9.17) is 0 Å².